The van der Waals surface area contributed by atoms with Gasteiger partial charge in [-0.05, 0) is 12.8 Å². The smallest absolute Gasteiger partial charge is 0.359 e. The van der Waals surface area contributed by atoms with E-state index in [4.69, 9.17) is 13.9 Å². The molecule has 0 aromatic rings. The monoisotopic (exact) mass is 538 g/mol. The third kappa shape index (κ3) is 19.0. The van der Waals surface area contributed by atoms with E-state index in [2.05, 4.69) is 18.6 Å². The van der Waals surface area contributed by atoms with Gasteiger partial charge < -0.3 is 5.53 Å². The zero-order valence-corrected chi connectivity index (χ0v) is 23.8. The summed E-state index contributed by atoms with van der Waals surface area (Å²) < 4.78 is 56.8. The van der Waals surface area contributed by atoms with Crippen LogP contribution in [-0.4, -0.2) is 39.2 Å². The van der Waals surface area contributed by atoms with Gasteiger partial charge in [-0.1, -0.05) is 129 Å². The highest BCUT2D eigenvalue weighted by molar-refractivity contribution is 8.27. The molecule has 0 N–H and O–H groups in total. The summed E-state index contributed by atoms with van der Waals surface area (Å²) >= 11 is 0. The van der Waals surface area contributed by atoms with Crippen molar-refractivity contribution in [3.05, 3.63) is 5.53 Å². The van der Waals surface area contributed by atoms with E-state index < -0.39 is 24.6 Å². The largest absolute Gasteiger partial charge is 0.546 e. The lowest BCUT2D eigenvalue weighted by atomic mass is 10.1. The van der Waals surface area contributed by atoms with Gasteiger partial charge in [0.15, 0.2) is 0 Å². The zero-order valence-electron chi connectivity index (χ0n) is 22.2. The molecule has 0 aliphatic heterocycles. The lowest BCUT2D eigenvalue weighted by Gasteiger charge is -2.05. The summed E-state index contributed by atoms with van der Waals surface area (Å²) in [6.07, 6.45) is 21.5. The van der Waals surface area contributed by atoms with Crippen LogP contribution in [0.2, 0.25) is 0 Å². The van der Waals surface area contributed by atoms with E-state index in [1.807, 2.05) is 0 Å². The Hall–Kier alpha value is -0.800. The lowest BCUT2D eigenvalue weighted by Crippen LogP contribution is -2.29. The molecule has 0 saturated carbocycles. The Kier molecular flexibility index (Phi) is 21.9. The summed E-state index contributed by atoms with van der Waals surface area (Å²) in [5.41, 5.74) is 9.02. The van der Waals surface area contributed by atoms with E-state index in [1.165, 1.54) is 77.0 Å². The van der Waals surface area contributed by atoms with Gasteiger partial charge in [-0.15, -0.1) is 4.79 Å². The topological polar surface area (TPSA) is 123 Å². The Morgan fingerprint density at radius 1 is 0.514 bits per heavy atom. The van der Waals surface area contributed by atoms with Crippen LogP contribution in [0.1, 0.15) is 142 Å². The second-order valence-electron chi connectivity index (χ2n) is 9.28. The van der Waals surface area contributed by atoms with Crippen LogP contribution >= 0.6 is 0 Å². The predicted molar refractivity (Wildman–Crippen MR) is 142 cm³/mol. The van der Waals surface area contributed by atoms with Crippen molar-refractivity contribution in [2.75, 3.05) is 13.2 Å². The molecule has 0 saturated heterocycles. The van der Waals surface area contributed by atoms with Gasteiger partial charge in [0, 0.05) is 0 Å². The highest BCUT2D eigenvalue weighted by Gasteiger charge is 2.44. The maximum absolute atomic E-state index is 12.2. The van der Waals surface area contributed by atoms with Crippen molar-refractivity contribution >= 4 is 24.6 Å². The van der Waals surface area contributed by atoms with Crippen molar-refractivity contribution in [1.29, 1.82) is 0 Å². The quantitative estimate of drug-likeness (QED) is 0.0322. The summed E-state index contributed by atoms with van der Waals surface area (Å²) in [6.45, 7) is 4.07. The Morgan fingerprint density at radius 2 is 0.771 bits per heavy atom. The van der Waals surface area contributed by atoms with Crippen molar-refractivity contribution in [1.82, 2.24) is 0 Å². The third-order valence-electron chi connectivity index (χ3n) is 5.98. The Labute approximate surface area is 215 Å². The van der Waals surface area contributed by atoms with Gasteiger partial charge in [0.25, 0.3) is 0 Å². The van der Waals surface area contributed by atoms with E-state index in [-0.39, 0.29) is 13.2 Å². The summed E-state index contributed by atoms with van der Waals surface area (Å²) in [5.74, 6) is 0. The van der Waals surface area contributed by atoms with E-state index in [0.717, 1.165) is 38.5 Å². The molecule has 0 heterocycles. The molecule has 0 spiro atoms. The number of nitrogens with zero attached hydrogens (tertiary/aromatic N) is 2. The van der Waals surface area contributed by atoms with E-state index >= 15 is 0 Å². The standard InChI is InChI=1S/C25H50N2O6S2/c1-3-5-7-9-11-13-15-17-19-21-23-32-34(28,29)25(27-26)35(30,31)33-24-22-20-18-16-14-12-10-8-6-4-2/h3-24H2,1-2H3. The highest BCUT2D eigenvalue weighted by Crippen LogP contribution is 2.13. The minimum atomic E-state index is -4.72. The summed E-state index contributed by atoms with van der Waals surface area (Å²) in [6, 6.07) is 0. The van der Waals surface area contributed by atoms with Gasteiger partial charge in [-0.25, -0.2) is 0 Å². The number of rotatable bonds is 24. The fourth-order valence-electron chi connectivity index (χ4n) is 3.84. The molecular formula is C25H50N2O6S2. The minimum Gasteiger partial charge on any atom is -0.359 e. The zero-order chi connectivity index (χ0) is 26.3. The van der Waals surface area contributed by atoms with Crippen LogP contribution in [0.3, 0.4) is 0 Å². The van der Waals surface area contributed by atoms with Crippen LogP contribution in [0.15, 0.2) is 0 Å². The Morgan fingerprint density at radius 3 is 1.03 bits per heavy atom. The normalized spacial score (nSPS) is 12.1. The van der Waals surface area contributed by atoms with Crippen LogP contribution in [-0.2, 0) is 28.6 Å². The van der Waals surface area contributed by atoms with Crippen LogP contribution < -0.4 is 0 Å². The molecule has 0 radical (unpaired) electrons. The maximum Gasteiger partial charge on any atom is 0.546 e. The number of unbranched alkanes of at least 4 members (excludes halogenated alkanes) is 18. The average molecular weight is 539 g/mol. The van der Waals surface area contributed by atoms with Crippen molar-refractivity contribution in [3.63, 3.8) is 0 Å². The molecule has 10 heteroatoms. The van der Waals surface area contributed by atoms with Crippen LogP contribution in [0.4, 0.5) is 0 Å². The molecule has 0 aromatic carbocycles. The molecular weight excluding hydrogens is 488 g/mol. The molecule has 0 rings (SSSR count). The van der Waals surface area contributed by atoms with Crippen LogP contribution in [0, 0.1) is 0 Å². The first-order valence-corrected chi connectivity index (χ1v) is 16.6. The fraction of sp³-hybridized carbons (Fsp3) is 0.960. The second kappa shape index (κ2) is 22.4. The summed E-state index contributed by atoms with van der Waals surface area (Å²) in [7, 11) is -9.44. The van der Waals surface area contributed by atoms with E-state index in [9.17, 15) is 16.8 Å². The van der Waals surface area contributed by atoms with Gasteiger partial charge in [-0.2, -0.15) is 16.8 Å². The van der Waals surface area contributed by atoms with Crippen molar-refractivity contribution in [2.24, 2.45) is 0 Å². The highest BCUT2D eigenvalue weighted by atomic mass is 32.3. The fourth-order valence-corrected chi connectivity index (χ4v) is 6.21. The molecule has 0 aliphatic rings. The molecule has 8 nitrogen and oxygen atoms in total. The molecule has 0 unspecified atom stereocenters. The van der Waals surface area contributed by atoms with Gasteiger partial charge >= 0.3 is 24.6 Å². The second-order valence-corrected chi connectivity index (χ2v) is 12.6. The van der Waals surface area contributed by atoms with E-state index in [0.29, 0.717) is 12.8 Å². The predicted octanol–water partition coefficient (Wildman–Crippen LogP) is 7.11. The van der Waals surface area contributed by atoms with Gasteiger partial charge in [0.2, 0.25) is 0 Å². The molecule has 0 amide bonds. The molecule has 0 aromatic heterocycles. The molecule has 0 bridgehead atoms. The van der Waals surface area contributed by atoms with Crippen molar-refractivity contribution in [2.45, 2.75) is 142 Å². The van der Waals surface area contributed by atoms with Crippen molar-refractivity contribution in [3.8, 4) is 0 Å². The molecule has 0 aliphatic carbocycles. The first-order chi connectivity index (χ1) is 16.8. The maximum atomic E-state index is 12.2. The number of hydrogen-bond donors (Lipinski definition) is 0. The SMILES string of the molecule is CCCCCCCCCCCCOS(=O)(=O)C(=[N+]=[N-])S(=O)(=O)OCCCCCCCCCCCC. The molecule has 208 valence electrons. The number of hydrogen-bond acceptors (Lipinski definition) is 6. The third-order valence-corrected chi connectivity index (χ3v) is 9.18. The first kappa shape index (κ1) is 34.2. The van der Waals surface area contributed by atoms with Gasteiger partial charge in [-0.3, -0.25) is 8.37 Å². The van der Waals surface area contributed by atoms with Gasteiger partial charge in [0.05, 0.1) is 13.2 Å². The average Bonchev–Trinajstić information content (AvgIpc) is 2.81. The van der Waals surface area contributed by atoms with E-state index in [1.54, 1.807) is 0 Å². The Balaban J connectivity index is 4.04. The molecule has 0 fully saturated rings. The Bertz CT molecular complexity index is 705. The summed E-state index contributed by atoms with van der Waals surface area (Å²) in [4.78, 5) is 2.46. The molecule has 0 atom stereocenters. The summed E-state index contributed by atoms with van der Waals surface area (Å²) in [5, 5.41) is 0. The van der Waals surface area contributed by atoms with Crippen LogP contribution in [0.5, 0.6) is 0 Å². The minimum absolute atomic E-state index is 0.161. The van der Waals surface area contributed by atoms with Crippen LogP contribution in [0.25, 0.3) is 5.53 Å². The lowest BCUT2D eigenvalue weighted by molar-refractivity contribution is 0.00180. The first-order valence-electron chi connectivity index (χ1n) is 13.8. The van der Waals surface area contributed by atoms with Crippen molar-refractivity contribution < 1.29 is 30.0 Å². The molecule has 35 heavy (non-hydrogen) atoms. The van der Waals surface area contributed by atoms with Gasteiger partial charge in [0.1, 0.15) is 0 Å².